The third-order valence-electron chi connectivity index (χ3n) is 1.70. The number of aromatic nitrogens is 1. The van der Waals surface area contributed by atoms with E-state index in [0.717, 1.165) is 0 Å². The molecule has 1 amide bonds. The molecule has 1 aromatic rings. The van der Waals surface area contributed by atoms with Crippen LogP contribution >= 0.6 is 18.9 Å². The molecule has 0 aliphatic carbocycles. The van der Waals surface area contributed by atoms with Crippen LogP contribution in [-0.4, -0.2) is 27.0 Å². The molecule has 0 bridgehead atoms. The third-order valence-corrected chi connectivity index (χ3v) is 3.29. The summed E-state index contributed by atoms with van der Waals surface area (Å²) in [5.74, 6) is -0.617. The summed E-state index contributed by atoms with van der Waals surface area (Å²) in [5, 5.41) is 2.38. The molecule has 0 aliphatic rings. The van der Waals surface area contributed by atoms with Gasteiger partial charge in [0.1, 0.15) is 12.0 Å². The largest absolute Gasteiger partial charge is 0.375 e. The van der Waals surface area contributed by atoms with Gasteiger partial charge < -0.3 is 20.8 Å². The number of carbonyl (C=O) groups is 1. The first-order valence-corrected chi connectivity index (χ1v) is 7.03. The maximum atomic E-state index is 11.5. The molecular weight excluding hydrogens is 253 g/mol. The highest BCUT2D eigenvalue weighted by atomic mass is 32.1. The average molecular weight is 265 g/mol. The number of aryl methyl sites for hydroxylation is 1. The Bertz CT molecular complexity index is 441. The van der Waals surface area contributed by atoms with E-state index in [2.05, 4.69) is 10.3 Å². The van der Waals surface area contributed by atoms with Gasteiger partial charge in [-0.15, -0.1) is 11.3 Å². The summed E-state index contributed by atoms with van der Waals surface area (Å²) in [6.07, 6.45) is -0.111. The molecule has 0 aromatic carbocycles. The summed E-state index contributed by atoms with van der Waals surface area (Å²) < 4.78 is 10.6. The third kappa shape index (κ3) is 3.57. The van der Waals surface area contributed by atoms with Crippen molar-refractivity contribution in [2.75, 3.05) is 12.0 Å². The molecule has 0 spiro atoms. The van der Waals surface area contributed by atoms with E-state index < -0.39 is 19.8 Å². The van der Waals surface area contributed by atoms with Crippen LogP contribution in [0.2, 0.25) is 0 Å². The molecule has 0 atom stereocenters. The van der Waals surface area contributed by atoms with E-state index in [9.17, 15) is 9.36 Å². The number of nitrogens with one attached hydrogen (secondary N) is 1. The number of thiazole rings is 1. The number of nitrogens with zero attached hydrogens (tertiary/aromatic N) is 1. The Labute approximate surface area is 95.9 Å². The van der Waals surface area contributed by atoms with Crippen molar-refractivity contribution < 1.29 is 19.1 Å². The first-order chi connectivity index (χ1) is 7.33. The second kappa shape index (κ2) is 4.92. The van der Waals surface area contributed by atoms with Crippen molar-refractivity contribution in [3.8, 4) is 0 Å². The second-order valence-corrected chi connectivity index (χ2v) is 5.77. The lowest BCUT2D eigenvalue weighted by Gasteiger charge is -2.05. The van der Waals surface area contributed by atoms with E-state index >= 15 is 0 Å². The van der Waals surface area contributed by atoms with Gasteiger partial charge in [-0.1, -0.05) is 6.92 Å². The standard InChI is InChI=1S/C7H12N3O4PS/c1-2-4-5(10-7(8)16-4)6(11)9-3-15(12,13)14/h2-3H2,1H3,(H2,8,10)(H,9,11)(H2,12,13,14). The Morgan fingerprint density at radius 3 is 2.75 bits per heavy atom. The van der Waals surface area contributed by atoms with E-state index in [4.69, 9.17) is 15.5 Å². The molecule has 0 fully saturated rings. The Balaban J connectivity index is 2.76. The first kappa shape index (κ1) is 13.1. The molecule has 1 rings (SSSR count). The van der Waals surface area contributed by atoms with Crippen LogP contribution in [0.25, 0.3) is 0 Å². The predicted molar refractivity (Wildman–Crippen MR) is 60.3 cm³/mol. The summed E-state index contributed by atoms with van der Waals surface area (Å²) in [7, 11) is -4.24. The number of hydrogen-bond acceptors (Lipinski definition) is 5. The second-order valence-electron chi connectivity index (χ2n) is 3.01. The van der Waals surface area contributed by atoms with Crippen LogP contribution in [0.3, 0.4) is 0 Å². The van der Waals surface area contributed by atoms with Crippen molar-refractivity contribution in [1.82, 2.24) is 10.3 Å². The van der Waals surface area contributed by atoms with E-state index in [1.54, 1.807) is 0 Å². The summed E-state index contributed by atoms with van der Waals surface area (Å²) in [5.41, 5.74) is 5.59. The zero-order valence-electron chi connectivity index (χ0n) is 8.51. The fourth-order valence-electron chi connectivity index (χ4n) is 1.05. The molecule has 0 unspecified atom stereocenters. The van der Waals surface area contributed by atoms with Gasteiger partial charge in [-0.2, -0.15) is 0 Å². The van der Waals surface area contributed by atoms with Crippen molar-refractivity contribution in [2.45, 2.75) is 13.3 Å². The number of amides is 1. The lowest BCUT2D eigenvalue weighted by atomic mass is 10.3. The summed E-state index contributed by atoms with van der Waals surface area (Å²) in [4.78, 5) is 33.2. The number of hydrogen-bond donors (Lipinski definition) is 4. The van der Waals surface area contributed by atoms with Gasteiger partial charge in [-0.3, -0.25) is 9.36 Å². The summed E-state index contributed by atoms with van der Waals surface area (Å²) in [6, 6.07) is 0. The molecule has 90 valence electrons. The van der Waals surface area contributed by atoms with Crippen LogP contribution in [0.15, 0.2) is 0 Å². The normalized spacial score (nSPS) is 11.4. The highest BCUT2D eigenvalue weighted by molar-refractivity contribution is 7.51. The average Bonchev–Trinajstić information content (AvgIpc) is 2.55. The van der Waals surface area contributed by atoms with Crippen LogP contribution < -0.4 is 11.1 Å². The van der Waals surface area contributed by atoms with Gasteiger partial charge in [0, 0.05) is 4.88 Å². The number of anilines is 1. The maximum absolute atomic E-state index is 11.5. The SMILES string of the molecule is CCc1sc(N)nc1C(=O)NCP(=O)(O)O. The van der Waals surface area contributed by atoms with Gasteiger partial charge in [0.15, 0.2) is 5.13 Å². The molecule has 0 radical (unpaired) electrons. The Hall–Kier alpha value is -0.950. The number of nitrogen functional groups attached to an aromatic ring is 1. The molecule has 1 heterocycles. The zero-order valence-corrected chi connectivity index (χ0v) is 10.2. The molecule has 0 saturated carbocycles. The van der Waals surface area contributed by atoms with E-state index in [-0.39, 0.29) is 10.8 Å². The molecule has 16 heavy (non-hydrogen) atoms. The zero-order chi connectivity index (χ0) is 12.3. The quantitative estimate of drug-likeness (QED) is 0.574. The van der Waals surface area contributed by atoms with Crippen molar-refractivity contribution in [3.63, 3.8) is 0 Å². The van der Waals surface area contributed by atoms with Crippen LogP contribution in [0.4, 0.5) is 5.13 Å². The summed E-state index contributed by atoms with van der Waals surface area (Å²) in [6.45, 7) is 1.84. The van der Waals surface area contributed by atoms with Crippen LogP contribution in [-0.2, 0) is 11.0 Å². The minimum Gasteiger partial charge on any atom is -0.375 e. The Morgan fingerprint density at radius 2 is 2.25 bits per heavy atom. The van der Waals surface area contributed by atoms with Gasteiger partial charge in [0.25, 0.3) is 5.91 Å². The topological polar surface area (TPSA) is 126 Å². The van der Waals surface area contributed by atoms with Crippen molar-refractivity contribution >= 4 is 30.0 Å². The van der Waals surface area contributed by atoms with Crippen LogP contribution in [0.1, 0.15) is 22.3 Å². The fraction of sp³-hybridized carbons (Fsp3) is 0.429. The number of rotatable bonds is 4. The lowest BCUT2D eigenvalue weighted by molar-refractivity contribution is 0.0952. The van der Waals surface area contributed by atoms with E-state index in [0.29, 0.717) is 11.3 Å². The van der Waals surface area contributed by atoms with E-state index in [1.165, 1.54) is 11.3 Å². The maximum Gasteiger partial charge on any atom is 0.344 e. The predicted octanol–water partition coefficient (Wildman–Crippen LogP) is 0.153. The van der Waals surface area contributed by atoms with Gasteiger partial charge in [-0.05, 0) is 6.42 Å². The molecular formula is C7H12N3O4PS. The minimum atomic E-state index is -4.24. The first-order valence-electron chi connectivity index (χ1n) is 4.41. The molecule has 9 heteroatoms. The van der Waals surface area contributed by atoms with Crippen LogP contribution in [0, 0.1) is 0 Å². The lowest BCUT2D eigenvalue weighted by Crippen LogP contribution is -2.25. The van der Waals surface area contributed by atoms with Crippen molar-refractivity contribution in [2.24, 2.45) is 0 Å². The fourth-order valence-corrected chi connectivity index (χ4v) is 2.16. The smallest absolute Gasteiger partial charge is 0.344 e. The Morgan fingerprint density at radius 1 is 1.62 bits per heavy atom. The minimum absolute atomic E-state index is 0.137. The van der Waals surface area contributed by atoms with Gasteiger partial charge in [0.05, 0.1) is 0 Å². The van der Waals surface area contributed by atoms with Crippen molar-refractivity contribution in [1.29, 1.82) is 0 Å². The van der Waals surface area contributed by atoms with Crippen molar-refractivity contribution in [3.05, 3.63) is 10.6 Å². The highest BCUT2D eigenvalue weighted by Gasteiger charge is 2.19. The Kier molecular flexibility index (Phi) is 4.03. The van der Waals surface area contributed by atoms with Gasteiger partial charge in [-0.25, -0.2) is 4.98 Å². The molecule has 0 saturated heterocycles. The summed E-state index contributed by atoms with van der Waals surface area (Å²) >= 11 is 1.19. The highest BCUT2D eigenvalue weighted by Crippen LogP contribution is 2.32. The number of carbonyl (C=O) groups excluding carboxylic acids is 1. The van der Waals surface area contributed by atoms with Gasteiger partial charge >= 0.3 is 7.60 Å². The molecule has 0 aliphatic heterocycles. The molecule has 1 aromatic heterocycles. The number of nitrogens with two attached hydrogens (primary N) is 1. The van der Waals surface area contributed by atoms with Crippen LogP contribution in [0.5, 0.6) is 0 Å². The van der Waals surface area contributed by atoms with E-state index in [1.807, 2.05) is 6.92 Å². The molecule has 7 nitrogen and oxygen atoms in total. The van der Waals surface area contributed by atoms with Gasteiger partial charge in [0.2, 0.25) is 0 Å². The monoisotopic (exact) mass is 265 g/mol. The molecule has 5 N–H and O–H groups in total.